The summed E-state index contributed by atoms with van der Waals surface area (Å²) < 4.78 is 1.51. The molecule has 0 aromatic heterocycles. The van der Waals surface area contributed by atoms with E-state index >= 15 is 0 Å². The van der Waals surface area contributed by atoms with E-state index in [0.717, 1.165) is 0 Å². The van der Waals surface area contributed by atoms with E-state index in [4.69, 9.17) is 0 Å². The summed E-state index contributed by atoms with van der Waals surface area (Å²) in [6.07, 6.45) is 11.7. The Kier molecular flexibility index (Phi) is 11.8. The quantitative estimate of drug-likeness (QED) is 0.463. The van der Waals surface area contributed by atoms with E-state index in [1.165, 1.54) is 81.1 Å². The zero-order chi connectivity index (χ0) is 8.36. The summed E-state index contributed by atoms with van der Waals surface area (Å²) in [6.45, 7) is 2.28. The second-order valence-corrected chi connectivity index (χ2v) is 5.17. The predicted molar refractivity (Wildman–Crippen MR) is 53.2 cm³/mol. The number of rotatable bonds is 8. The molecule has 0 amide bonds. The van der Waals surface area contributed by atoms with Gasteiger partial charge >= 0.3 is 88.0 Å². The first-order valence-corrected chi connectivity index (χ1v) is 7.81. The first-order chi connectivity index (χ1) is 5.41. The molecule has 0 aliphatic rings. The average Bonchev–Trinajstić information content (AvgIpc) is 2.03. The van der Waals surface area contributed by atoms with Crippen molar-refractivity contribution in [2.45, 2.75) is 62.3 Å². The van der Waals surface area contributed by atoms with E-state index in [0.29, 0.717) is 0 Å². The van der Waals surface area contributed by atoms with Crippen LogP contribution >= 0.6 is 0 Å². The van der Waals surface area contributed by atoms with Crippen molar-refractivity contribution in [2.75, 3.05) is 0 Å². The van der Waals surface area contributed by atoms with Gasteiger partial charge in [-0.2, -0.15) is 0 Å². The Labute approximate surface area is 87.8 Å². The summed E-state index contributed by atoms with van der Waals surface area (Å²) >= 11 is 1.41. The van der Waals surface area contributed by atoms with Gasteiger partial charge in [-0.05, 0) is 0 Å². The molecule has 65 valence electrons. The van der Waals surface area contributed by atoms with Crippen LogP contribution in [0.4, 0.5) is 0 Å². The molecule has 0 heterocycles. The summed E-state index contributed by atoms with van der Waals surface area (Å²) in [5.74, 6) is 0. The first-order valence-electron chi connectivity index (χ1n) is 5.06. The SMILES string of the molecule is CCCCCCCCC[CH2][Pb]. The molecule has 0 aromatic rings. The van der Waals surface area contributed by atoms with E-state index in [1.54, 1.807) is 0 Å². The summed E-state index contributed by atoms with van der Waals surface area (Å²) in [6, 6.07) is 0. The zero-order valence-electron chi connectivity index (χ0n) is 7.86. The van der Waals surface area contributed by atoms with Crippen molar-refractivity contribution < 1.29 is 0 Å². The molecule has 0 aliphatic heterocycles. The molecular formula is C10H21Pb. The van der Waals surface area contributed by atoms with Gasteiger partial charge < -0.3 is 0 Å². The van der Waals surface area contributed by atoms with Crippen LogP contribution < -0.4 is 0 Å². The van der Waals surface area contributed by atoms with Gasteiger partial charge in [-0.1, -0.05) is 0 Å². The molecule has 0 bridgehead atoms. The Balaban J connectivity index is 2.69. The number of unbranched alkanes of at least 4 members (excludes halogenated alkanes) is 7. The fourth-order valence-corrected chi connectivity index (χ4v) is 2.23. The van der Waals surface area contributed by atoms with Gasteiger partial charge in [0.15, 0.2) is 0 Å². The Bertz CT molecular complexity index is 53.9. The first kappa shape index (κ1) is 11.9. The second kappa shape index (κ2) is 10.9. The monoisotopic (exact) mass is 349 g/mol. The van der Waals surface area contributed by atoms with Crippen molar-refractivity contribution >= 4 is 25.8 Å². The van der Waals surface area contributed by atoms with Gasteiger partial charge in [-0.3, -0.25) is 0 Å². The van der Waals surface area contributed by atoms with Crippen LogP contribution in [0.2, 0.25) is 3.98 Å². The fraction of sp³-hybridized carbons (Fsp3) is 1.00. The van der Waals surface area contributed by atoms with Gasteiger partial charge in [0.1, 0.15) is 0 Å². The van der Waals surface area contributed by atoms with Gasteiger partial charge in [0.05, 0.1) is 0 Å². The van der Waals surface area contributed by atoms with Crippen LogP contribution in [0, 0.1) is 0 Å². The van der Waals surface area contributed by atoms with Gasteiger partial charge in [0, 0.05) is 0 Å². The van der Waals surface area contributed by atoms with E-state index < -0.39 is 0 Å². The van der Waals surface area contributed by atoms with Crippen molar-refractivity contribution in [3.05, 3.63) is 0 Å². The van der Waals surface area contributed by atoms with Crippen molar-refractivity contribution in [1.82, 2.24) is 0 Å². The van der Waals surface area contributed by atoms with Gasteiger partial charge in [0.2, 0.25) is 0 Å². The summed E-state index contributed by atoms with van der Waals surface area (Å²) in [5.41, 5.74) is 0. The third-order valence-corrected chi connectivity index (χ3v) is 3.40. The molecule has 0 saturated heterocycles. The third-order valence-electron chi connectivity index (χ3n) is 2.03. The maximum atomic E-state index is 2.28. The molecule has 0 saturated carbocycles. The molecule has 0 rings (SSSR count). The summed E-state index contributed by atoms with van der Waals surface area (Å²) in [5, 5.41) is 0. The summed E-state index contributed by atoms with van der Waals surface area (Å²) in [4.78, 5) is 0. The van der Waals surface area contributed by atoms with E-state index in [2.05, 4.69) is 6.92 Å². The van der Waals surface area contributed by atoms with Crippen molar-refractivity contribution in [3.8, 4) is 0 Å². The zero-order valence-corrected chi connectivity index (χ0v) is 11.8. The molecule has 3 radical (unpaired) electrons. The Hall–Kier alpha value is 0.922. The number of hydrogen-bond acceptors (Lipinski definition) is 0. The minimum absolute atomic E-state index is 1.38. The van der Waals surface area contributed by atoms with Crippen LogP contribution in [0.25, 0.3) is 0 Å². The van der Waals surface area contributed by atoms with Crippen LogP contribution in [0.5, 0.6) is 0 Å². The molecule has 0 unspecified atom stereocenters. The fourth-order valence-electron chi connectivity index (χ4n) is 1.26. The Morgan fingerprint density at radius 2 is 1.18 bits per heavy atom. The Morgan fingerprint density at radius 3 is 1.64 bits per heavy atom. The summed E-state index contributed by atoms with van der Waals surface area (Å²) in [7, 11) is 0. The Morgan fingerprint density at radius 1 is 0.727 bits per heavy atom. The van der Waals surface area contributed by atoms with Crippen LogP contribution in [-0.4, -0.2) is 25.8 Å². The molecule has 11 heavy (non-hydrogen) atoms. The molecule has 0 aliphatic carbocycles. The standard InChI is InChI=1S/C10H21.Pb/c1-3-5-7-9-10-8-6-4-2;/h1,3-10H2,2H3;. The van der Waals surface area contributed by atoms with Crippen LogP contribution in [0.15, 0.2) is 0 Å². The molecule has 0 spiro atoms. The predicted octanol–water partition coefficient (Wildman–Crippen LogP) is 3.71. The molecule has 0 atom stereocenters. The van der Waals surface area contributed by atoms with Gasteiger partial charge in [-0.15, -0.1) is 0 Å². The van der Waals surface area contributed by atoms with E-state index in [-0.39, 0.29) is 0 Å². The molecule has 0 fully saturated rings. The topological polar surface area (TPSA) is 0 Å². The molecular weight excluding hydrogens is 327 g/mol. The van der Waals surface area contributed by atoms with Crippen molar-refractivity contribution in [3.63, 3.8) is 0 Å². The minimum atomic E-state index is 1.38. The van der Waals surface area contributed by atoms with Crippen molar-refractivity contribution in [2.24, 2.45) is 0 Å². The number of hydrogen-bond donors (Lipinski definition) is 0. The second-order valence-electron chi connectivity index (χ2n) is 3.22. The van der Waals surface area contributed by atoms with Gasteiger partial charge in [-0.25, -0.2) is 0 Å². The van der Waals surface area contributed by atoms with Crippen molar-refractivity contribution in [1.29, 1.82) is 0 Å². The molecule has 0 N–H and O–H groups in total. The maximum absolute atomic E-state index is 2.28. The van der Waals surface area contributed by atoms with E-state index in [9.17, 15) is 0 Å². The van der Waals surface area contributed by atoms with Crippen LogP contribution in [0.1, 0.15) is 58.3 Å². The molecule has 0 aromatic carbocycles. The molecule has 0 nitrogen and oxygen atoms in total. The van der Waals surface area contributed by atoms with E-state index in [1.807, 2.05) is 0 Å². The van der Waals surface area contributed by atoms with Gasteiger partial charge in [0.25, 0.3) is 0 Å². The normalized spacial score (nSPS) is 10.4. The van der Waals surface area contributed by atoms with Crippen LogP contribution in [0.3, 0.4) is 0 Å². The van der Waals surface area contributed by atoms with Crippen LogP contribution in [-0.2, 0) is 0 Å². The molecule has 1 heteroatoms. The third kappa shape index (κ3) is 10.9. The average molecular weight is 348 g/mol.